The monoisotopic (exact) mass is 476 g/mol. The maximum atomic E-state index is 12.5. The van der Waals surface area contributed by atoms with Crippen LogP contribution in [0.5, 0.6) is 5.75 Å². The molecule has 0 aliphatic carbocycles. The molecule has 0 aliphatic rings. The van der Waals surface area contributed by atoms with Gasteiger partial charge in [0.25, 0.3) is 5.56 Å². The molecule has 0 bridgehead atoms. The van der Waals surface area contributed by atoms with Gasteiger partial charge in [0.2, 0.25) is 5.95 Å². The number of phenols is 1. The van der Waals surface area contributed by atoms with Crippen LogP contribution in [0.2, 0.25) is 0 Å². The van der Waals surface area contributed by atoms with Crippen LogP contribution in [0, 0.1) is 0 Å². The molecular formula is C20H25BrN6O3. The lowest BCUT2D eigenvalue weighted by atomic mass is 10.1. The number of anilines is 1. The van der Waals surface area contributed by atoms with E-state index >= 15 is 0 Å². The first-order chi connectivity index (χ1) is 14.4. The van der Waals surface area contributed by atoms with Crippen molar-refractivity contribution >= 4 is 39.3 Å². The Labute approximate surface area is 181 Å². The van der Waals surface area contributed by atoms with E-state index < -0.39 is 11.2 Å². The number of unbranched alkanes of at least 4 members (excludes halogenated alkanes) is 4. The van der Waals surface area contributed by atoms with Crippen molar-refractivity contribution in [3.05, 3.63) is 49.1 Å². The number of benzene rings is 1. The molecule has 2 heterocycles. The van der Waals surface area contributed by atoms with Gasteiger partial charge in [-0.3, -0.25) is 14.3 Å². The Balaban J connectivity index is 1.92. The van der Waals surface area contributed by atoms with Gasteiger partial charge in [0.1, 0.15) is 5.75 Å². The highest BCUT2D eigenvalue weighted by molar-refractivity contribution is 9.10. The summed E-state index contributed by atoms with van der Waals surface area (Å²) >= 11 is 3.36. The van der Waals surface area contributed by atoms with Crippen molar-refractivity contribution in [3.63, 3.8) is 0 Å². The first kappa shape index (κ1) is 21.8. The van der Waals surface area contributed by atoms with Gasteiger partial charge in [-0.25, -0.2) is 10.2 Å². The van der Waals surface area contributed by atoms with E-state index in [1.54, 1.807) is 29.8 Å². The van der Waals surface area contributed by atoms with Gasteiger partial charge >= 0.3 is 5.69 Å². The minimum Gasteiger partial charge on any atom is -0.507 e. The van der Waals surface area contributed by atoms with Crippen LogP contribution in [-0.4, -0.2) is 30.4 Å². The topological polar surface area (TPSA) is 117 Å². The molecule has 0 saturated heterocycles. The average Bonchev–Trinajstić information content (AvgIpc) is 3.08. The fraction of sp³-hybridized carbons (Fsp3) is 0.400. The molecule has 0 aliphatic heterocycles. The van der Waals surface area contributed by atoms with Crippen LogP contribution >= 0.6 is 15.9 Å². The first-order valence-electron chi connectivity index (χ1n) is 9.89. The predicted molar refractivity (Wildman–Crippen MR) is 121 cm³/mol. The summed E-state index contributed by atoms with van der Waals surface area (Å²) in [4.78, 5) is 31.2. The number of hydrazone groups is 1. The van der Waals surface area contributed by atoms with E-state index in [1.165, 1.54) is 17.2 Å². The van der Waals surface area contributed by atoms with Crippen molar-refractivity contribution in [2.45, 2.75) is 45.6 Å². The van der Waals surface area contributed by atoms with Crippen LogP contribution in [-0.2, 0) is 13.6 Å². The number of hydrogen-bond acceptors (Lipinski definition) is 6. The number of nitrogens with zero attached hydrogens (tertiary/aromatic N) is 4. The molecule has 160 valence electrons. The van der Waals surface area contributed by atoms with Crippen molar-refractivity contribution < 1.29 is 5.11 Å². The molecule has 3 N–H and O–H groups in total. The Bertz CT molecular complexity index is 1180. The molecule has 9 nitrogen and oxygen atoms in total. The molecule has 3 aromatic rings. The first-order valence-corrected chi connectivity index (χ1v) is 10.7. The van der Waals surface area contributed by atoms with Gasteiger partial charge < -0.3 is 9.67 Å². The fourth-order valence-electron chi connectivity index (χ4n) is 3.20. The summed E-state index contributed by atoms with van der Waals surface area (Å²) in [7, 11) is 1.56. The third kappa shape index (κ3) is 4.81. The van der Waals surface area contributed by atoms with Gasteiger partial charge in [-0.1, -0.05) is 48.5 Å². The molecule has 3 rings (SSSR count). The third-order valence-corrected chi connectivity index (χ3v) is 5.34. The van der Waals surface area contributed by atoms with Crippen molar-refractivity contribution in [2.75, 3.05) is 5.43 Å². The molecule has 0 unspecified atom stereocenters. The Hall–Kier alpha value is -2.88. The number of halogens is 1. The van der Waals surface area contributed by atoms with Crippen LogP contribution in [0.3, 0.4) is 0 Å². The largest absolute Gasteiger partial charge is 0.507 e. The summed E-state index contributed by atoms with van der Waals surface area (Å²) in [5.74, 6) is 0.449. The molecule has 0 fully saturated rings. The Morgan fingerprint density at radius 2 is 2.03 bits per heavy atom. The molecular weight excluding hydrogens is 452 g/mol. The molecule has 2 aromatic heterocycles. The van der Waals surface area contributed by atoms with Crippen LogP contribution in [0.1, 0.15) is 44.6 Å². The quantitative estimate of drug-likeness (QED) is 0.248. The summed E-state index contributed by atoms with van der Waals surface area (Å²) in [6.07, 6.45) is 6.82. The number of hydrogen-bond donors (Lipinski definition) is 3. The number of phenolic OH excluding ortho intramolecular Hbond substituents is 1. The normalized spacial score (nSPS) is 11.6. The standard InChI is InChI=1S/C20H25BrN6O3/c1-3-4-5-6-7-10-27-16-17(26(2)20(30)24-18(16)29)23-19(27)25-22-12-13-11-14(21)8-9-15(13)28/h8-9,11-12,28H,3-7,10H2,1-2H3,(H,23,25)(H,24,29,30)/b22-12-. The van der Waals surface area contributed by atoms with E-state index in [0.29, 0.717) is 29.2 Å². The number of aryl methyl sites for hydroxylation is 2. The average molecular weight is 477 g/mol. The van der Waals surface area contributed by atoms with Gasteiger partial charge in [0, 0.05) is 23.6 Å². The number of rotatable bonds is 9. The van der Waals surface area contributed by atoms with Crippen molar-refractivity contribution in [2.24, 2.45) is 12.1 Å². The summed E-state index contributed by atoms with van der Waals surface area (Å²) < 4.78 is 3.86. The molecule has 10 heteroatoms. The Kier molecular flexibility index (Phi) is 7.09. The van der Waals surface area contributed by atoms with E-state index in [9.17, 15) is 14.7 Å². The van der Waals surface area contributed by atoms with E-state index in [-0.39, 0.29) is 5.75 Å². The van der Waals surface area contributed by atoms with E-state index in [1.807, 2.05) is 0 Å². The maximum Gasteiger partial charge on any atom is 0.329 e. The number of nitrogens with one attached hydrogen (secondary N) is 2. The zero-order chi connectivity index (χ0) is 21.7. The lowest BCUT2D eigenvalue weighted by Gasteiger charge is -2.08. The predicted octanol–water partition coefficient (Wildman–Crippen LogP) is 3.31. The summed E-state index contributed by atoms with van der Waals surface area (Å²) in [6.45, 7) is 2.73. The second kappa shape index (κ2) is 9.75. The smallest absolute Gasteiger partial charge is 0.329 e. The van der Waals surface area contributed by atoms with Crippen LogP contribution in [0.25, 0.3) is 11.2 Å². The summed E-state index contributed by atoms with van der Waals surface area (Å²) in [6, 6.07) is 5.02. The number of aromatic hydroxyl groups is 1. The summed E-state index contributed by atoms with van der Waals surface area (Å²) in [5.41, 5.74) is 2.99. The van der Waals surface area contributed by atoms with E-state index in [4.69, 9.17) is 0 Å². The van der Waals surface area contributed by atoms with Crippen LogP contribution in [0.4, 0.5) is 5.95 Å². The van der Waals surface area contributed by atoms with Gasteiger partial charge in [0.15, 0.2) is 11.2 Å². The minimum atomic E-state index is -0.519. The van der Waals surface area contributed by atoms with Crippen molar-refractivity contribution in [1.29, 1.82) is 0 Å². The highest BCUT2D eigenvalue weighted by Crippen LogP contribution is 2.21. The Morgan fingerprint density at radius 3 is 2.80 bits per heavy atom. The highest BCUT2D eigenvalue weighted by atomic mass is 79.9. The number of aromatic amines is 1. The third-order valence-electron chi connectivity index (χ3n) is 4.85. The SMILES string of the molecule is CCCCCCCn1c(N/N=C\c2cc(Br)ccc2O)nc2c1c(=O)[nH]c(=O)n2C. The van der Waals surface area contributed by atoms with Gasteiger partial charge in [0.05, 0.1) is 6.21 Å². The highest BCUT2D eigenvalue weighted by Gasteiger charge is 2.16. The number of fused-ring (bicyclic) bond motifs is 1. The van der Waals surface area contributed by atoms with Crippen LogP contribution in [0.15, 0.2) is 37.4 Å². The molecule has 0 amide bonds. The molecule has 0 radical (unpaired) electrons. The Morgan fingerprint density at radius 1 is 1.27 bits per heavy atom. The zero-order valence-electron chi connectivity index (χ0n) is 17.0. The number of imidazole rings is 1. The summed E-state index contributed by atoms with van der Waals surface area (Å²) in [5, 5.41) is 14.1. The second-order valence-corrected chi connectivity index (χ2v) is 7.98. The van der Waals surface area contributed by atoms with Crippen molar-refractivity contribution in [3.8, 4) is 5.75 Å². The van der Waals surface area contributed by atoms with Gasteiger partial charge in [-0.05, 0) is 24.6 Å². The van der Waals surface area contributed by atoms with Crippen LogP contribution < -0.4 is 16.7 Å². The molecule has 0 spiro atoms. The van der Waals surface area contributed by atoms with Crippen molar-refractivity contribution in [1.82, 2.24) is 19.1 Å². The van der Waals surface area contributed by atoms with E-state index in [0.717, 1.165) is 30.2 Å². The van der Waals surface area contributed by atoms with Gasteiger partial charge in [-0.2, -0.15) is 10.1 Å². The molecule has 0 saturated carbocycles. The van der Waals surface area contributed by atoms with Gasteiger partial charge in [-0.15, -0.1) is 0 Å². The maximum absolute atomic E-state index is 12.5. The lowest BCUT2D eigenvalue weighted by molar-refractivity contribution is 0.474. The zero-order valence-corrected chi connectivity index (χ0v) is 18.6. The number of H-pyrrole nitrogens is 1. The fourth-order valence-corrected chi connectivity index (χ4v) is 3.58. The molecule has 0 atom stereocenters. The minimum absolute atomic E-state index is 0.0898. The lowest BCUT2D eigenvalue weighted by Crippen LogP contribution is -2.29. The second-order valence-electron chi connectivity index (χ2n) is 7.06. The van der Waals surface area contributed by atoms with E-state index in [2.05, 4.69) is 43.3 Å². The molecule has 30 heavy (non-hydrogen) atoms. The molecule has 1 aromatic carbocycles. The number of aromatic nitrogens is 4.